The maximum absolute atomic E-state index is 12.1. The number of carbonyl (C=O) groups is 3. The van der Waals surface area contributed by atoms with E-state index in [0.29, 0.717) is 12.1 Å². The molecule has 1 aliphatic rings. The third kappa shape index (κ3) is 3.07. The first-order valence-electron chi connectivity index (χ1n) is 6.55. The molecule has 0 saturated carbocycles. The summed E-state index contributed by atoms with van der Waals surface area (Å²) >= 11 is 3.32. The quantitative estimate of drug-likeness (QED) is 0.813. The highest BCUT2D eigenvalue weighted by Crippen LogP contribution is 2.25. The lowest BCUT2D eigenvalue weighted by molar-refractivity contribution is -0.127. The minimum Gasteiger partial charge on any atom is -0.325 e. The van der Waals surface area contributed by atoms with Gasteiger partial charge in [-0.3, -0.25) is 14.9 Å². The number of anilines is 1. The number of nitrogens with one attached hydrogen (secondary N) is 2. The topological polar surface area (TPSA) is 78.5 Å². The first-order valence-corrected chi connectivity index (χ1v) is 7.34. The van der Waals surface area contributed by atoms with Crippen LogP contribution in [-0.4, -0.2) is 34.8 Å². The second-order valence-corrected chi connectivity index (χ2v) is 5.95. The molecule has 1 aliphatic heterocycles. The standard InChI is InChI=1S/C14H16BrN3O3/c1-3-14(2)12(20)17-13(21)18(14)8-11(19)16-10-6-4-5-9(15)7-10/h4-7H,3,8H2,1-2H3,(H,16,19)(H,17,20,21). The average Bonchev–Trinajstić information content (AvgIpc) is 2.63. The van der Waals surface area contributed by atoms with Gasteiger partial charge >= 0.3 is 6.03 Å². The van der Waals surface area contributed by atoms with Crippen molar-refractivity contribution in [3.63, 3.8) is 0 Å². The molecule has 1 saturated heterocycles. The zero-order valence-electron chi connectivity index (χ0n) is 11.8. The summed E-state index contributed by atoms with van der Waals surface area (Å²) in [4.78, 5) is 37.0. The summed E-state index contributed by atoms with van der Waals surface area (Å²) < 4.78 is 0.841. The lowest BCUT2D eigenvalue weighted by Gasteiger charge is -2.30. The van der Waals surface area contributed by atoms with E-state index in [2.05, 4.69) is 26.6 Å². The maximum Gasteiger partial charge on any atom is 0.325 e. The third-order valence-corrected chi connectivity index (χ3v) is 4.14. The van der Waals surface area contributed by atoms with Crippen molar-refractivity contribution in [1.82, 2.24) is 10.2 Å². The summed E-state index contributed by atoms with van der Waals surface area (Å²) in [5.74, 6) is -0.720. The number of amides is 4. The number of imide groups is 1. The normalized spacial score (nSPS) is 21.4. The highest BCUT2D eigenvalue weighted by atomic mass is 79.9. The van der Waals surface area contributed by atoms with E-state index < -0.39 is 11.6 Å². The average molecular weight is 354 g/mol. The first kappa shape index (κ1) is 15.5. The summed E-state index contributed by atoms with van der Waals surface area (Å²) in [5, 5.41) is 4.95. The number of hydrogen-bond acceptors (Lipinski definition) is 3. The lowest BCUT2D eigenvalue weighted by Crippen LogP contribution is -2.49. The molecule has 2 rings (SSSR count). The number of halogens is 1. The van der Waals surface area contributed by atoms with Gasteiger partial charge in [-0.05, 0) is 31.5 Å². The SMILES string of the molecule is CCC1(C)C(=O)NC(=O)N1CC(=O)Nc1cccc(Br)c1. The second-order valence-electron chi connectivity index (χ2n) is 5.03. The summed E-state index contributed by atoms with van der Waals surface area (Å²) in [6.45, 7) is 3.28. The van der Waals surface area contributed by atoms with Crippen LogP contribution in [0.25, 0.3) is 0 Å². The van der Waals surface area contributed by atoms with Gasteiger partial charge in [0.25, 0.3) is 5.91 Å². The van der Waals surface area contributed by atoms with Gasteiger partial charge < -0.3 is 10.2 Å². The van der Waals surface area contributed by atoms with Crippen LogP contribution < -0.4 is 10.6 Å². The molecule has 1 heterocycles. The Hall–Kier alpha value is -1.89. The third-order valence-electron chi connectivity index (χ3n) is 3.65. The number of carbonyl (C=O) groups excluding carboxylic acids is 3. The van der Waals surface area contributed by atoms with Crippen molar-refractivity contribution in [2.24, 2.45) is 0 Å². The Bertz CT molecular complexity index is 605. The highest BCUT2D eigenvalue weighted by Gasteiger charge is 2.48. The van der Waals surface area contributed by atoms with Crippen LogP contribution in [-0.2, 0) is 9.59 Å². The molecular weight excluding hydrogens is 338 g/mol. The van der Waals surface area contributed by atoms with E-state index in [0.717, 1.165) is 4.47 Å². The molecule has 6 nitrogen and oxygen atoms in total. The monoisotopic (exact) mass is 353 g/mol. The van der Waals surface area contributed by atoms with Gasteiger partial charge in [0.2, 0.25) is 5.91 Å². The molecule has 1 unspecified atom stereocenters. The van der Waals surface area contributed by atoms with Crippen LogP contribution in [0.5, 0.6) is 0 Å². The molecule has 0 aliphatic carbocycles. The molecule has 112 valence electrons. The molecule has 0 spiro atoms. The van der Waals surface area contributed by atoms with Crippen LogP contribution in [0.2, 0.25) is 0 Å². The van der Waals surface area contributed by atoms with Crippen molar-refractivity contribution in [3.05, 3.63) is 28.7 Å². The zero-order valence-corrected chi connectivity index (χ0v) is 13.4. The molecule has 7 heteroatoms. The van der Waals surface area contributed by atoms with Crippen LogP contribution in [0, 0.1) is 0 Å². The van der Waals surface area contributed by atoms with Gasteiger partial charge in [0.15, 0.2) is 0 Å². The van der Waals surface area contributed by atoms with E-state index in [-0.39, 0.29) is 18.4 Å². The van der Waals surface area contributed by atoms with Crippen LogP contribution in [0.15, 0.2) is 28.7 Å². The Labute approximate surface area is 131 Å². The van der Waals surface area contributed by atoms with Crippen molar-refractivity contribution in [2.45, 2.75) is 25.8 Å². The molecule has 4 amide bonds. The minimum absolute atomic E-state index is 0.172. The highest BCUT2D eigenvalue weighted by molar-refractivity contribution is 9.10. The molecule has 1 fully saturated rings. The molecule has 21 heavy (non-hydrogen) atoms. The van der Waals surface area contributed by atoms with E-state index in [1.165, 1.54) is 4.90 Å². The molecule has 1 aromatic rings. The van der Waals surface area contributed by atoms with Gasteiger partial charge in [-0.2, -0.15) is 0 Å². The summed E-state index contributed by atoms with van der Waals surface area (Å²) in [6, 6.07) is 6.61. The fourth-order valence-electron chi connectivity index (χ4n) is 2.15. The predicted octanol–water partition coefficient (Wildman–Crippen LogP) is 2.11. The fraction of sp³-hybridized carbons (Fsp3) is 0.357. The largest absolute Gasteiger partial charge is 0.325 e. The fourth-order valence-corrected chi connectivity index (χ4v) is 2.55. The summed E-state index contributed by atoms with van der Waals surface area (Å²) in [7, 11) is 0. The van der Waals surface area contributed by atoms with Gasteiger partial charge in [0.1, 0.15) is 12.1 Å². The van der Waals surface area contributed by atoms with Gasteiger partial charge in [0, 0.05) is 10.2 Å². The van der Waals surface area contributed by atoms with Crippen LogP contribution >= 0.6 is 15.9 Å². The van der Waals surface area contributed by atoms with E-state index in [4.69, 9.17) is 0 Å². The number of benzene rings is 1. The molecule has 1 aromatic carbocycles. The van der Waals surface area contributed by atoms with Gasteiger partial charge in [0.05, 0.1) is 0 Å². The van der Waals surface area contributed by atoms with Crippen LogP contribution in [0.3, 0.4) is 0 Å². The van der Waals surface area contributed by atoms with E-state index in [1.807, 2.05) is 6.07 Å². The number of urea groups is 1. The van der Waals surface area contributed by atoms with Crippen molar-refractivity contribution in [3.8, 4) is 0 Å². The molecule has 2 N–H and O–H groups in total. The van der Waals surface area contributed by atoms with Crippen LogP contribution in [0.4, 0.5) is 10.5 Å². The smallest absolute Gasteiger partial charge is 0.325 e. The van der Waals surface area contributed by atoms with E-state index in [9.17, 15) is 14.4 Å². The van der Waals surface area contributed by atoms with Gasteiger partial charge in [-0.15, -0.1) is 0 Å². The number of nitrogens with zero attached hydrogens (tertiary/aromatic N) is 1. The Kier molecular flexibility index (Phi) is 4.32. The van der Waals surface area contributed by atoms with E-state index >= 15 is 0 Å². The Morgan fingerprint density at radius 2 is 2.14 bits per heavy atom. The Morgan fingerprint density at radius 3 is 2.76 bits per heavy atom. The van der Waals surface area contributed by atoms with Gasteiger partial charge in [-0.25, -0.2) is 4.79 Å². The first-order chi connectivity index (χ1) is 9.86. The molecular formula is C14H16BrN3O3. The molecule has 1 atom stereocenters. The summed E-state index contributed by atoms with van der Waals surface area (Å²) in [5.41, 5.74) is -0.357. The molecule has 0 radical (unpaired) electrons. The zero-order chi connectivity index (χ0) is 15.6. The second kappa shape index (κ2) is 5.85. The van der Waals surface area contributed by atoms with Crippen molar-refractivity contribution in [2.75, 3.05) is 11.9 Å². The maximum atomic E-state index is 12.1. The predicted molar refractivity (Wildman–Crippen MR) is 81.7 cm³/mol. The molecule has 0 aromatic heterocycles. The van der Waals surface area contributed by atoms with Crippen molar-refractivity contribution in [1.29, 1.82) is 0 Å². The lowest BCUT2D eigenvalue weighted by atomic mass is 9.97. The van der Waals surface area contributed by atoms with Crippen molar-refractivity contribution >= 4 is 39.5 Å². The minimum atomic E-state index is -0.980. The number of rotatable bonds is 4. The van der Waals surface area contributed by atoms with Crippen molar-refractivity contribution < 1.29 is 14.4 Å². The Morgan fingerprint density at radius 1 is 1.43 bits per heavy atom. The molecule has 0 bridgehead atoms. The number of hydrogen-bond donors (Lipinski definition) is 2. The summed E-state index contributed by atoms with van der Waals surface area (Å²) in [6.07, 6.45) is 0.439. The van der Waals surface area contributed by atoms with Crippen LogP contribution in [0.1, 0.15) is 20.3 Å². The van der Waals surface area contributed by atoms with Gasteiger partial charge in [-0.1, -0.05) is 28.9 Å². The Balaban J connectivity index is 2.08. The van der Waals surface area contributed by atoms with E-state index in [1.54, 1.807) is 32.0 Å².